The van der Waals surface area contributed by atoms with Gasteiger partial charge in [-0.2, -0.15) is 0 Å². The van der Waals surface area contributed by atoms with Crippen molar-refractivity contribution in [2.45, 2.75) is 13.8 Å². The second-order valence-electron chi connectivity index (χ2n) is 3.24. The fraction of sp³-hybridized carbons (Fsp3) is 0.143. The first kappa shape index (κ1) is 24.0. The standard InChI is InChI=1S/2C6H7N.2CH2O2.Pt/c2*1-6-2-4-7-5-3-6;2*2-1-3;/h2*2-5H,1H3;2*1H,(H,2,3);/q;;;;+2/p-2. The van der Waals surface area contributed by atoms with Crippen molar-refractivity contribution in [1.82, 2.24) is 9.97 Å². The molecule has 0 saturated heterocycles. The Morgan fingerprint density at radius 3 is 1.05 bits per heavy atom. The summed E-state index contributed by atoms with van der Waals surface area (Å²) in [7, 11) is 0. The van der Waals surface area contributed by atoms with Crippen LogP contribution in [-0.2, 0) is 30.7 Å². The molecular weight excluding hydrogens is 455 g/mol. The molecule has 2 rings (SSSR count). The van der Waals surface area contributed by atoms with Gasteiger partial charge < -0.3 is 19.8 Å². The van der Waals surface area contributed by atoms with Crippen LogP contribution in [0.5, 0.6) is 0 Å². The molecule has 0 saturated carbocycles. The Morgan fingerprint density at radius 1 is 0.762 bits per heavy atom. The summed E-state index contributed by atoms with van der Waals surface area (Å²) in [5.41, 5.74) is 2.52. The van der Waals surface area contributed by atoms with E-state index >= 15 is 0 Å². The summed E-state index contributed by atoms with van der Waals surface area (Å²) < 4.78 is 0. The van der Waals surface area contributed by atoms with Gasteiger partial charge in [0, 0.05) is 37.7 Å². The molecule has 6 nitrogen and oxygen atoms in total. The molecule has 0 unspecified atom stereocenters. The summed E-state index contributed by atoms with van der Waals surface area (Å²) >= 11 is 0. The molecule has 2 heterocycles. The van der Waals surface area contributed by atoms with Crippen LogP contribution in [0.3, 0.4) is 0 Å². The Morgan fingerprint density at radius 2 is 0.952 bits per heavy atom. The molecule has 116 valence electrons. The molecule has 2 aromatic heterocycles. The molecule has 0 atom stereocenters. The minimum Gasteiger partial charge on any atom is -0.554 e. The van der Waals surface area contributed by atoms with Gasteiger partial charge in [0.1, 0.15) is 0 Å². The molecular formula is C14H16N2O4Pt. The quantitative estimate of drug-likeness (QED) is 0.481. The van der Waals surface area contributed by atoms with E-state index in [1.807, 2.05) is 38.1 Å². The first-order valence-corrected chi connectivity index (χ1v) is 5.46. The molecule has 0 bridgehead atoms. The Hall–Kier alpha value is -2.07. The third kappa shape index (κ3) is 23.4. The minimum absolute atomic E-state index is 0. The predicted octanol–water partition coefficient (Wildman–Crippen LogP) is -0.490. The van der Waals surface area contributed by atoms with Gasteiger partial charge in [-0.3, -0.25) is 9.97 Å². The maximum Gasteiger partial charge on any atom is 2.00 e. The van der Waals surface area contributed by atoms with Gasteiger partial charge in [-0.25, -0.2) is 0 Å². The van der Waals surface area contributed by atoms with E-state index in [1.54, 1.807) is 24.8 Å². The largest absolute Gasteiger partial charge is 2.00 e. The second-order valence-corrected chi connectivity index (χ2v) is 3.24. The first-order chi connectivity index (χ1) is 9.62. The van der Waals surface area contributed by atoms with Crippen molar-refractivity contribution in [3.05, 3.63) is 60.2 Å². The molecule has 0 aliphatic carbocycles. The van der Waals surface area contributed by atoms with E-state index < -0.39 is 12.9 Å². The van der Waals surface area contributed by atoms with Crippen LogP contribution in [0.25, 0.3) is 0 Å². The Labute approximate surface area is 138 Å². The van der Waals surface area contributed by atoms with E-state index in [2.05, 4.69) is 9.97 Å². The maximum absolute atomic E-state index is 8.25. The van der Waals surface area contributed by atoms with Crippen molar-refractivity contribution in [3.8, 4) is 0 Å². The number of nitrogens with zero attached hydrogens (tertiary/aromatic N) is 2. The van der Waals surface area contributed by atoms with Crippen molar-refractivity contribution in [2.24, 2.45) is 0 Å². The van der Waals surface area contributed by atoms with Crippen LogP contribution >= 0.6 is 0 Å². The van der Waals surface area contributed by atoms with Gasteiger partial charge in [0.2, 0.25) is 0 Å². The third-order valence-electron chi connectivity index (χ3n) is 1.69. The molecule has 0 aromatic carbocycles. The zero-order valence-corrected chi connectivity index (χ0v) is 13.9. The second kappa shape index (κ2) is 20.3. The van der Waals surface area contributed by atoms with Crippen molar-refractivity contribution >= 4 is 12.9 Å². The fourth-order valence-electron chi connectivity index (χ4n) is 0.853. The first-order valence-electron chi connectivity index (χ1n) is 5.46. The van der Waals surface area contributed by atoms with E-state index in [4.69, 9.17) is 19.8 Å². The summed E-state index contributed by atoms with van der Waals surface area (Å²) in [6.45, 7) is 3.09. The molecule has 0 N–H and O–H groups in total. The zero-order valence-electron chi connectivity index (χ0n) is 11.6. The monoisotopic (exact) mass is 471 g/mol. The van der Waals surface area contributed by atoms with E-state index in [1.165, 1.54) is 11.1 Å². The number of aromatic nitrogens is 2. The van der Waals surface area contributed by atoms with Gasteiger partial charge in [-0.05, 0) is 49.2 Å². The van der Waals surface area contributed by atoms with Crippen LogP contribution in [0, 0.1) is 13.8 Å². The molecule has 0 spiro atoms. The summed E-state index contributed by atoms with van der Waals surface area (Å²) in [4.78, 5) is 24.2. The Balaban J connectivity index is -0.000000220. The van der Waals surface area contributed by atoms with Crippen LogP contribution in [0.2, 0.25) is 0 Å². The van der Waals surface area contributed by atoms with Crippen molar-refractivity contribution in [2.75, 3.05) is 0 Å². The van der Waals surface area contributed by atoms with Crippen LogP contribution < -0.4 is 10.2 Å². The topological polar surface area (TPSA) is 106 Å². The van der Waals surface area contributed by atoms with E-state index in [0.29, 0.717) is 0 Å². The maximum atomic E-state index is 8.25. The normalized spacial score (nSPS) is 6.95. The third-order valence-corrected chi connectivity index (χ3v) is 1.69. The number of carbonyl (C=O) groups excluding carboxylic acids is 2. The molecule has 0 aliphatic heterocycles. The number of aryl methyl sites for hydroxylation is 2. The van der Waals surface area contributed by atoms with Gasteiger partial charge in [0.05, 0.1) is 0 Å². The summed E-state index contributed by atoms with van der Waals surface area (Å²) in [6.07, 6.45) is 7.15. The number of carboxylic acid groups (broad SMARTS) is 2. The van der Waals surface area contributed by atoms with Crippen LogP contribution in [-0.4, -0.2) is 22.9 Å². The molecule has 7 heteroatoms. The molecule has 0 fully saturated rings. The number of carbonyl (C=O) groups is 2. The molecule has 2 aromatic rings. The summed E-state index contributed by atoms with van der Waals surface area (Å²) in [5, 5.41) is 16.5. The smallest absolute Gasteiger partial charge is 0.554 e. The van der Waals surface area contributed by atoms with Gasteiger partial charge in [0.25, 0.3) is 0 Å². The number of hydrogen-bond acceptors (Lipinski definition) is 6. The Kier molecular flexibility index (Phi) is 23.1. The molecule has 0 aliphatic rings. The van der Waals surface area contributed by atoms with Gasteiger partial charge in [-0.15, -0.1) is 0 Å². The van der Waals surface area contributed by atoms with E-state index in [-0.39, 0.29) is 21.1 Å². The Bertz CT molecular complexity index is 398. The zero-order chi connectivity index (χ0) is 15.6. The average molecular weight is 471 g/mol. The summed E-state index contributed by atoms with van der Waals surface area (Å²) in [5.74, 6) is 0. The number of hydrogen-bond donors (Lipinski definition) is 0. The van der Waals surface area contributed by atoms with Crippen molar-refractivity contribution in [3.63, 3.8) is 0 Å². The van der Waals surface area contributed by atoms with E-state index in [0.717, 1.165) is 0 Å². The average Bonchev–Trinajstić information content (AvgIpc) is 2.43. The minimum atomic E-state index is -0.500. The van der Waals surface area contributed by atoms with Gasteiger partial charge >= 0.3 is 21.1 Å². The van der Waals surface area contributed by atoms with Crippen molar-refractivity contribution in [1.29, 1.82) is 0 Å². The fourth-order valence-corrected chi connectivity index (χ4v) is 0.853. The number of rotatable bonds is 0. The molecule has 0 amide bonds. The van der Waals surface area contributed by atoms with Gasteiger partial charge in [-0.1, -0.05) is 0 Å². The molecule has 21 heavy (non-hydrogen) atoms. The molecule has 0 radical (unpaired) electrons. The SMILES string of the molecule is Cc1ccncc1.Cc1ccncc1.O=C[O-].O=C[O-].[Pt+2]. The van der Waals surface area contributed by atoms with Crippen LogP contribution in [0.4, 0.5) is 0 Å². The van der Waals surface area contributed by atoms with Crippen LogP contribution in [0.1, 0.15) is 11.1 Å². The predicted molar refractivity (Wildman–Crippen MR) is 70.1 cm³/mol. The summed E-state index contributed by atoms with van der Waals surface area (Å²) in [6, 6.07) is 7.89. The van der Waals surface area contributed by atoms with Crippen molar-refractivity contribution < 1.29 is 40.9 Å². The van der Waals surface area contributed by atoms with Crippen LogP contribution in [0.15, 0.2) is 49.1 Å². The van der Waals surface area contributed by atoms with E-state index in [9.17, 15) is 0 Å². The number of pyridine rings is 2. The van der Waals surface area contributed by atoms with Gasteiger partial charge in [0.15, 0.2) is 0 Å².